The predicted octanol–water partition coefficient (Wildman–Crippen LogP) is 2.93. The van der Waals surface area contributed by atoms with Crippen molar-refractivity contribution in [2.75, 3.05) is 0 Å². The number of aliphatic carboxylic acids is 2. The number of fused-ring (bicyclic) bond motifs is 2. The Kier molecular flexibility index (Phi) is 3.97. The summed E-state index contributed by atoms with van der Waals surface area (Å²) in [5, 5.41) is 18.7. The van der Waals surface area contributed by atoms with E-state index < -0.39 is 23.8 Å². The van der Waals surface area contributed by atoms with Gasteiger partial charge in [0.2, 0.25) is 0 Å². The smallest absolute Gasteiger partial charge is 0.308 e. The van der Waals surface area contributed by atoms with Gasteiger partial charge in [0.25, 0.3) is 0 Å². The van der Waals surface area contributed by atoms with E-state index in [2.05, 4.69) is 13.8 Å². The molecular formula is C15H22O4. The number of hydrogen-bond acceptors (Lipinski definition) is 2. The Bertz CT molecular complexity index is 386. The number of carboxylic acid groups (broad SMARTS) is 2. The molecule has 0 amide bonds. The van der Waals surface area contributed by atoms with E-state index in [9.17, 15) is 19.8 Å². The average Bonchev–Trinajstić information content (AvgIpc) is 2.87. The van der Waals surface area contributed by atoms with E-state index >= 15 is 0 Å². The lowest BCUT2D eigenvalue weighted by molar-refractivity contribution is -0.154. The molecule has 0 radical (unpaired) electrons. The van der Waals surface area contributed by atoms with E-state index in [-0.39, 0.29) is 11.8 Å². The topological polar surface area (TPSA) is 74.6 Å². The Morgan fingerprint density at radius 1 is 0.947 bits per heavy atom. The lowest BCUT2D eigenvalue weighted by Crippen LogP contribution is -2.36. The molecule has 2 aliphatic rings. The fraction of sp³-hybridized carbons (Fsp3) is 0.733. The third kappa shape index (κ3) is 2.17. The number of carbonyl (C=O) groups is 2. The van der Waals surface area contributed by atoms with Crippen LogP contribution < -0.4 is 0 Å². The molecule has 2 aliphatic carbocycles. The first-order valence-corrected chi connectivity index (χ1v) is 7.20. The molecule has 2 N–H and O–H groups in total. The van der Waals surface area contributed by atoms with Gasteiger partial charge >= 0.3 is 11.9 Å². The summed E-state index contributed by atoms with van der Waals surface area (Å²) in [6.07, 6.45) is 4.57. The zero-order valence-corrected chi connectivity index (χ0v) is 11.6. The van der Waals surface area contributed by atoms with Gasteiger partial charge in [0, 0.05) is 0 Å². The molecule has 0 aromatic rings. The van der Waals surface area contributed by atoms with Crippen molar-refractivity contribution < 1.29 is 19.8 Å². The standard InChI is InChI=1S/C15H22O4/c1-3-5-8-9(6-4-2)11-7-10(8)12(14(16)17)13(11)15(18)19/h10-13H,3-7H2,1-2H3,(H,16,17)(H,18,19). The normalized spacial score (nSPS) is 32.9. The molecule has 0 spiro atoms. The average molecular weight is 266 g/mol. The van der Waals surface area contributed by atoms with Gasteiger partial charge in [0.15, 0.2) is 0 Å². The molecule has 1 saturated carbocycles. The molecule has 106 valence electrons. The number of allylic oxidation sites excluding steroid dienone is 2. The third-order valence-corrected chi connectivity index (χ3v) is 4.68. The molecule has 0 heterocycles. The molecule has 0 aliphatic heterocycles. The highest BCUT2D eigenvalue weighted by Crippen LogP contribution is 2.57. The van der Waals surface area contributed by atoms with Crippen LogP contribution in [0.4, 0.5) is 0 Å². The molecule has 2 bridgehead atoms. The monoisotopic (exact) mass is 266 g/mol. The van der Waals surface area contributed by atoms with E-state index in [1.54, 1.807) is 0 Å². The predicted molar refractivity (Wildman–Crippen MR) is 70.7 cm³/mol. The van der Waals surface area contributed by atoms with Crippen LogP contribution in [0.15, 0.2) is 11.1 Å². The lowest BCUT2D eigenvalue weighted by Gasteiger charge is -2.29. The summed E-state index contributed by atoms with van der Waals surface area (Å²) in [6.45, 7) is 4.18. The maximum Gasteiger partial charge on any atom is 0.308 e. The molecule has 0 aromatic heterocycles. The van der Waals surface area contributed by atoms with Gasteiger partial charge in [-0.05, 0) is 31.1 Å². The van der Waals surface area contributed by atoms with Crippen molar-refractivity contribution in [2.45, 2.75) is 46.0 Å². The van der Waals surface area contributed by atoms with E-state index in [4.69, 9.17) is 0 Å². The molecule has 4 heteroatoms. The van der Waals surface area contributed by atoms with Crippen molar-refractivity contribution in [1.82, 2.24) is 0 Å². The molecule has 1 fully saturated rings. The van der Waals surface area contributed by atoms with E-state index in [1.165, 1.54) is 11.1 Å². The Morgan fingerprint density at radius 2 is 1.32 bits per heavy atom. The first kappa shape index (κ1) is 14.1. The van der Waals surface area contributed by atoms with E-state index in [0.29, 0.717) is 0 Å². The lowest BCUT2D eigenvalue weighted by atomic mass is 9.73. The molecule has 19 heavy (non-hydrogen) atoms. The van der Waals surface area contributed by atoms with Gasteiger partial charge in [-0.25, -0.2) is 0 Å². The van der Waals surface area contributed by atoms with Gasteiger partial charge in [-0.3, -0.25) is 9.59 Å². The largest absolute Gasteiger partial charge is 0.481 e. The minimum atomic E-state index is -0.941. The van der Waals surface area contributed by atoms with Crippen molar-refractivity contribution in [3.8, 4) is 0 Å². The summed E-state index contributed by atoms with van der Waals surface area (Å²) in [4.78, 5) is 22.9. The van der Waals surface area contributed by atoms with Crippen molar-refractivity contribution >= 4 is 11.9 Å². The van der Waals surface area contributed by atoms with Crippen molar-refractivity contribution in [3.63, 3.8) is 0 Å². The molecule has 2 rings (SSSR count). The van der Waals surface area contributed by atoms with Gasteiger partial charge in [0.05, 0.1) is 11.8 Å². The van der Waals surface area contributed by atoms with Crippen LogP contribution in [0.3, 0.4) is 0 Å². The summed E-state index contributed by atoms with van der Waals surface area (Å²) < 4.78 is 0. The van der Waals surface area contributed by atoms with Crippen molar-refractivity contribution in [2.24, 2.45) is 23.7 Å². The summed E-state index contributed by atoms with van der Waals surface area (Å²) in [6, 6.07) is 0. The first-order chi connectivity index (χ1) is 9.02. The molecular weight excluding hydrogens is 244 g/mol. The van der Waals surface area contributed by atoms with E-state index in [1.807, 2.05) is 0 Å². The second-order valence-corrected chi connectivity index (χ2v) is 5.73. The van der Waals surface area contributed by atoms with Crippen LogP contribution in [0.25, 0.3) is 0 Å². The van der Waals surface area contributed by atoms with Gasteiger partial charge in [0.1, 0.15) is 0 Å². The van der Waals surface area contributed by atoms with Gasteiger partial charge in [-0.15, -0.1) is 0 Å². The highest BCUT2D eigenvalue weighted by molar-refractivity contribution is 5.83. The zero-order valence-electron chi connectivity index (χ0n) is 11.6. The van der Waals surface area contributed by atoms with Crippen LogP contribution in [0, 0.1) is 23.7 Å². The van der Waals surface area contributed by atoms with Crippen molar-refractivity contribution in [3.05, 3.63) is 11.1 Å². The zero-order chi connectivity index (χ0) is 14.2. The minimum absolute atomic E-state index is 0.0369. The Hall–Kier alpha value is -1.32. The van der Waals surface area contributed by atoms with Crippen LogP contribution in [0.5, 0.6) is 0 Å². The summed E-state index contributed by atoms with van der Waals surface area (Å²) in [5.41, 5.74) is 2.53. The molecule has 4 atom stereocenters. The van der Waals surface area contributed by atoms with Crippen LogP contribution >= 0.6 is 0 Å². The third-order valence-electron chi connectivity index (χ3n) is 4.68. The maximum absolute atomic E-state index is 11.4. The van der Waals surface area contributed by atoms with Crippen LogP contribution in [-0.2, 0) is 9.59 Å². The quantitative estimate of drug-likeness (QED) is 0.725. The number of carboxylic acids is 2. The minimum Gasteiger partial charge on any atom is -0.481 e. The van der Waals surface area contributed by atoms with Crippen LogP contribution in [-0.4, -0.2) is 22.2 Å². The fourth-order valence-electron chi connectivity index (χ4n) is 4.14. The number of hydrogen-bond donors (Lipinski definition) is 2. The van der Waals surface area contributed by atoms with Crippen LogP contribution in [0.1, 0.15) is 46.0 Å². The van der Waals surface area contributed by atoms with Gasteiger partial charge < -0.3 is 10.2 Å². The summed E-state index contributed by atoms with van der Waals surface area (Å²) in [7, 11) is 0. The first-order valence-electron chi connectivity index (χ1n) is 7.20. The molecule has 0 aromatic carbocycles. The maximum atomic E-state index is 11.4. The van der Waals surface area contributed by atoms with E-state index in [0.717, 1.165) is 32.1 Å². The summed E-state index contributed by atoms with van der Waals surface area (Å²) in [5.74, 6) is -3.39. The fourth-order valence-corrected chi connectivity index (χ4v) is 4.14. The summed E-state index contributed by atoms with van der Waals surface area (Å²) >= 11 is 0. The molecule has 4 nitrogen and oxygen atoms in total. The highest BCUT2D eigenvalue weighted by Gasteiger charge is 2.57. The Balaban J connectivity index is 2.40. The van der Waals surface area contributed by atoms with Crippen LogP contribution in [0.2, 0.25) is 0 Å². The van der Waals surface area contributed by atoms with Gasteiger partial charge in [-0.2, -0.15) is 0 Å². The second kappa shape index (κ2) is 5.35. The van der Waals surface area contributed by atoms with Crippen molar-refractivity contribution in [1.29, 1.82) is 0 Å². The molecule has 0 saturated heterocycles. The Morgan fingerprint density at radius 3 is 1.58 bits per heavy atom. The highest BCUT2D eigenvalue weighted by atomic mass is 16.4. The molecule has 4 unspecified atom stereocenters. The second-order valence-electron chi connectivity index (χ2n) is 5.73. The number of rotatable bonds is 6. The van der Waals surface area contributed by atoms with Gasteiger partial charge in [-0.1, -0.05) is 37.8 Å². The SMILES string of the molecule is CCCC1=C(CCC)C2CC1C(C(=O)O)C2C(=O)O. The Labute approximate surface area is 113 Å².